The molecule has 4 nitrogen and oxygen atoms in total. The van der Waals surface area contributed by atoms with E-state index in [0.717, 1.165) is 19.3 Å². The fraction of sp³-hybridized carbons (Fsp3) is 0.364. The quantitative estimate of drug-likeness (QED) is 0.799. The molecule has 0 aromatic heterocycles. The van der Waals surface area contributed by atoms with Crippen LogP contribution in [0.15, 0.2) is 54.6 Å². The first-order valence-electron chi connectivity index (χ1n) is 9.12. The summed E-state index contributed by atoms with van der Waals surface area (Å²) in [4.78, 5) is 25.5. The predicted molar refractivity (Wildman–Crippen MR) is 105 cm³/mol. The maximum absolute atomic E-state index is 12.8. The summed E-state index contributed by atoms with van der Waals surface area (Å²) in [6.45, 7) is 7.83. The van der Waals surface area contributed by atoms with Crippen LogP contribution in [0.1, 0.15) is 66.8 Å². The summed E-state index contributed by atoms with van der Waals surface area (Å²) >= 11 is 0. The van der Waals surface area contributed by atoms with Crippen LogP contribution in [0.25, 0.3) is 0 Å². The molecule has 0 radical (unpaired) electrons. The highest BCUT2D eigenvalue weighted by Crippen LogP contribution is 2.16. The Balaban J connectivity index is 2.15. The number of unbranched alkanes of at least 4 members (excludes halogenated alkanes) is 1. The van der Waals surface area contributed by atoms with Gasteiger partial charge in [0.2, 0.25) is 0 Å². The highest BCUT2D eigenvalue weighted by Gasteiger charge is 2.29. The van der Waals surface area contributed by atoms with Crippen LogP contribution in [0.5, 0.6) is 0 Å². The van der Waals surface area contributed by atoms with Crippen molar-refractivity contribution in [3.63, 3.8) is 0 Å². The topological polar surface area (TPSA) is 49.4 Å². The summed E-state index contributed by atoms with van der Waals surface area (Å²) in [6.07, 6.45) is 3.29. The first-order chi connectivity index (χ1) is 12.3. The second kappa shape index (κ2) is 8.65. The van der Waals surface area contributed by atoms with Gasteiger partial charge in [-0.3, -0.25) is 15.0 Å². The Morgan fingerprint density at radius 1 is 0.923 bits per heavy atom. The minimum absolute atomic E-state index is 0.231. The molecule has 2 aromatic carbocycles. The van der Waals surface area contributed by atoms with E-state index < -0.39 is 5.54 Å². The summed E-state index contributed by atoms with van der Waals surface area (Å²) in [5, 5.41) is 1.40. The number of nitrogens with one attached hydrogen (secondary N) is 1. The zero-order chi connectivity index (χ0) is 19.2. The monoisotopic (exact) mass is 352 g/mol. The summed E-state index contributed by atoms with van der Waals surface area (Å²) in [6, 6.07) is 16.6. The van der Waals surface area contributed by atoms with Gasteiger partial charge in [0.05, 0.1) is 5.54 Å². The largest absolute Gasteiger partial charge is 0.272 e. The molecule has 138 valence electrons. The van der Waals surface area contributed by atoms with E-state index in [1.165, 1.54) is 10.6 Å². The Morgan fingerprint density at radius 2 is 1.54 bits per heavy atom. The van der Waals surface area contributed by atoms with Crippen LogP contribution in [-0.4, -0.2) is 22.4 Å². The van der Waals surface area contributed by atoms with Gasteiger partial charge in [0.15, 0.2) is 0 Å². The van der Waals surface area contributed by atoms with Crippen LogP contribution in [0.4, 0.5) is 0 Å². The number of hydrogen-bond donors (Lipinski definition) is 1. The van der Waals surface area contributed by atoms with Crippen LogP contribution in [0.3, 0.4) is 0 Å². The van der Waals surface area contributed by atoms with Crippen LogP contribution in [-0.2, 0) is 6.42 Å². The summed E-state index contributed by atoms with van der Waals surface area (Å²) < 4.78 is 0. The maximum Gasteiger partial charge on any atom is 0.272 e. The van der Waals surface area contributed by atoms with Crippen molar-refractivity contribution in [2.24, 2.45) is 0 Å². The molecule has 0 aliphatic carbocycles. The second-order valence-electron chi connectivity index (χ2n) is 7.42. The van der Waals surface area contributed by atoms with E-state index in [1.54, 1.807) is 12.1 Å². The normalized spacial score (nSPS) is 11.1. The molecular formula is C22H28N2O2. The average molecular weight is 352 g/mol. The first-order valence-corrected chi connectivity index (χ1v) is 9.12. The van der Waals surface area contributed by atoms with Gasteiger partial charge in [0.25, 0.3) is 11.8 Å². The van der Waals surface area contributed by atoms with Gasteiger partial charge in [-0.2, -0.15) is 0 Å². The van der Waals surface area contributed by atoms with Crippen molar-refractivity contribution >= 4 is 11.8 Å². The lowest BCUT2D eigenvalue weighted by molar-refractivity contribution is 0.0358. The Morgan fingerprint density at radius 3 is 2.08 bits per heavy atom. The molecule has 0 aliphatic heterocycles. The predicted octanol–water partition coefficient (Wildman–Crippen LogP) is 4.61. The number of benzene rings is 2. The minimum atomic E-state index is -0.552. The third-order valence-corrected chi connectivity index (χ3v) is 4.14. The number of carbonyl (C=O) groups excluding carboxylic acids is 2. The van der Waals surface area contributed by atoms with Crippen molar-refractivity contribution < 1.29 is 9.59 Å². The molecule has 2 rings (SSSR count). The van der Waals surface area contributed by atoms with Crippen LogP contribution in [0, 0.1) is 0 Å². The first kappa shape index (κ1) is 19.7. The van der Waals surface area contributed by atoms with Gasteiger partial charge >= 0.3 is 0 Å². The molecule has 0 unspecified atom stereocenters. The van der Waals surface area contributed by atoms with Crippen molar-refractivity contribution in [2.45, 2.75) is 52.5 Å². The molecule has 0 bridgehead atoms. The van der Waals surface area contributed by atoms with Gasteiger partial charge in [-0.25, -0.2) is 5.01 Å². The number of aryl methyl sites for hydroxylation is 1. The Bertz CT molecular complexity index is 731. The highest BCUT2D eigenvalue weighted by atomic mass is 16.2. The zero-order valence-electron chi connectivity index (χ0n) is 16.1. The number of nitrogens with zero attached hydrogens (tertiary/aromatic N) is 1. The second-order valence-corrected chi connectivity index (χ2v) is 7.42. The van der Waals surface area contributed by atoms with Crippen LogP contribution < -0.4 is 5.43 Å². The molecule has 2 amide bonds. The summed E-state index contributed by atoms with van der Waals surface area (Å²) in [5.74, 6) is -0.516. The minimum Gasteiger partial charge on any atom is -0.267 e. The van der Waals surface area contributed by atoms with E-state index in [-0.39, 0.29) is 11.8 Å². The van der Waals surface area contributed by atoms with Gasteiger partial charge in [0.1, 0.15) is 0 Å². The van der Waals surface area contributed by atoms with Crippen LogP contribution >= 0.6 is 0 Å². The van der Waals surface area contributed by atoms with Gasteiger partial charge < -0.3 is 0 Å². The molecular weight excluding hydrogens is 324 g/mol. The summed E-state index contributed by atoms with van der Waals surface area (Å²) in [5.41, 5.74) is 4.53. The van der Waals surface area contributed by atoms with Crippen molar-refractivity contribution in [3.05, 3.63) is 71.3 Å². The van der Waals surface area contributed by atoms with E-state index in [1.807, 2.05) is 63.2 Å². The van der Waals surface area contributed by atoms with E-state index in [0.29, 0.717) is 11.1 Å². The van der Waals surface area contributed by atoms with Gasteiger partial charge in [-0.15, -0.1) is 0 Å². The van der Waals surface area contributed by atoms with Gasteiger partial charge in [-0.05, 0) is 63.4 Å². The van der Waals surface area contributed by atoms with E-state index >= 15 is 0 Å². The van der Waals surface area contributed by atoms with Crippen molar-refractivity contribution in [3.8, 4) is 0 Å². The molecule has 0 atom stereocenters. The molecule has 4 heteroatoms. The molecule has 0 fully saturated rings. The third-order valence-electron chi connectivity index (χ3n) is 4.14. The molecule has 0 aliphatic rings. The lowest BCUT2D eigenvalue weighted by Crippen LogP contribution is -2.55. The lowest BCUT2D eigenvalue weighted by atomic mass is 10.1. The molecule has 0 heterocycles. The highest BCUT2D eigenvalue weighted by molar-refractivity contribution is 5.99. The molecule has 0 spiro atoms. The fourth-order valence-electron chi connectivity index (χ4n) is 2.60. The number of hydrazine groups is 1. The third kappa shape index (κ3) is 5.19. The summed E-state index contributed by atoms with van der Waals surface area (Å²) in [7, 11) is 0. The smallest absolute Gasteiger partial charge is 0.267 e. The number of hydrogen-bond acceptors (Lipinski definition) is 2. The standard InChI is InChI=1S/C22H28N2O2/c1-5-6-10-17-13-15-18(16-14-17)20(25)23-24(22(2,3)4)21(26)19-11-8-7-9-12-19/h7-9,11-16H,5-6,10H2,1-4H3,(H,23,25). The molecule has 0 saturated carbocycles. The molecule has 26 heavy (non-hydrogen) atoms. The Kier molecular flexibility index (Phi) is 6.56. The van der Waals surface area contributed by atoms with Crippen molar-refractivity contribution in [1.82, 2.24) is 10.4 Å². The Hall–Kier alpha value is -2.62. The number of amides is 2. The maximum atomic E-state index is 12.8. The Labute approximate surface area is 156 Å². The van der Waals surface area contributed by atoms with E-state index in [4.69, 9.17) is 0 Å². The average Bonchev–Trinajstić information content (AvgIpc) is 2.64. The zero-order valence-corrected chi connectivity index (χ0v) is 16.1. The van der Waals surface area contributed by atoms with E-state index in [9.17, 15) is 9.59 Å². The van der Waals surface area contributed by atoms with Gasteiger partial charge in [-0.1, -0.05) is 43.7 Å². The molecule has 1 N–H and O–H groups in total. The van der Waals surface area contributed by atoms with Crippen LogP contribution in [0.2, 0.25) is 0 Å². The lowest BCUT2D eigenvalue weighted by Gasteiger charge is -2.35. The number of rotatable bonds is 5. The SMILES string of the molecule is CCCCc1ccc(C(=O)NN(C(=O)c2ccccc2)C(C)(C)C)cc1. The fourth-order valence-corrected chi connectivity index (χ4v) is 2.60. The molecule has 2 aromatic rings. The number of carbonyl (C=O) groups is 2. The van der Waals surface area contributed by atoms with E-state index in [2.05, 4.69) is 12.3 Å². The van der Waals surface area contributed by atoms with Crippen molar-refractivity contribution in [1.29, 1.82) is 0 Å². The molecule has 0 saturated heterocycles. The van der Waals surface area contributed by atoms with Gasteiger partial charge in [0, 0.05) is 11.1 Å². The van der Waals surface area contributed by atoms with Crippen molar-refractivity contribution in [2.75, 3.05) is 0 Å².